The van der Waals surface area contributed by atoms with Gasteiger partial charge < -0.3 is 9.47 Å². The maximum atomic E-state index is 15.5. The number of rotatable bonds is 8. The van der Waals surface area contributed by atoms with Gasteiger partial charge in [-0.05, 0) is 32.9 Å². The summed E-state index contributed by atoms with van der Waals surface area (Å²) in [6.07, 6.45) is -1.07. The van der Waals surface area contributed by atoms with Crippen LogP contribution in [0.2, 0.25) is 0 Å². The molecule has 0 radical (unpaired) electrons. The minimum atomic E-state index is -1.95. The summed E-state index contributed by atoms with van der Waals surface area (Å²) in [5.74, 6) is -4.23. The van der Waals surface area contributed by atoms with Crippen LogP contribution >= 0.6 is 23.5 Å². The molecule has 0 bridgehead atoms. The molecule has 3 rings (SSSR count). The molecular formula is C24H24F2N6O9S2. The van der Waals surface area contributed by atoms with Gasteiger partial charge >= 0.3 is 12.1 Å². The molecule has 0 aliphatic carbocycles. The van der Waals surface area contributed by atoms with Gasteiger partial charge in [0.2, 0.25) is 5.91 Å². The minimum Gasteiger partial charge on any atom is -0.468 e. The Kier molecular flexibility index (Phi) is 10.3. The van der Waals surface area contributed by atoms with Crippen molar-refractivity contribution in [3.8, 4) is 0 Å². The third-order valence-corrected chi connectivity index (χ3v) is 8.32. The van der Waals surface area contributed by atoms with E-state index in [0.717, 1.165) is 43.1 Å². The molecule has 1 aliphatic heterocycles. The number of benzene rings is 2. The largest absolute Gasteiger partial charge is 0.468 e. The van der Waals surface area contributed by atoms with Crippen molar-refractivity contribution in [2.45, 2.75) is 36.5 Å². The lowest BCUT2D eigenvalue weighted by molar-refractivity contribution is -0.385. The van der Waals surface area contributed by atoms with E-state index in [2.05, 4.69) is 21.4 Å². The topological polar surface area (TPSA) is 204 Å². The van der Waals surface area contributed by atoms with Gasteiger partial charge in [-0.3, -0.25) is 35.2 Å². The second-order valence-electron chi connectivity index (χ2n) is 9.59. The Labute approximate surface area is 250 Å². The zero-order chi connectivity index (χ0) is 32.1. The molecule has 1 saturated heterocycles. The van der Waals surface area contributed by atoms with Crippen LogP contribution in [0.3, 0.4) is 0 Å². The molecule has 2 atom stereocenters. The van der Waals surface area contributed by atoms with Gasteiger partial charge in [-0.25, -0.2) is 24.4 Å². The molecule has 230 valence electrons. The summed E-state index contributed by atoms with van der Waals surface area (Å²) in [7, 11) is 1.00. The van der Waals surface area contributed by atoms with E-state index in [1.165, 1.54) is 0 Å². The Morgan fingerprint density at radius 3 is 2.21 bits per heavy atom. The Morgan fingerprint density at radius 1 is 1.12 bits per heavy atom. The standard InChI is InChI=1S/C24H24F2N6O9S2/c1-23(2,3)41-22(35)29-28-20(14-7-5-12(31(36)37)9-16(14)25)43-19(21(34)40-4)24(30-27-18(33)11-42-24)15-8-6-13(32(38)39)10-17(15)26/h5-10,19,30H,11H2,1-4H3,(H,27,33)(H,29,35). The molecular weight excluding hydrogens is 618 g/mol. The molecule has 2 amide bonds. The molecule has 2 aromatic rings. The summed E-state index contributed by atoms with van der Waals surface area (Å²) in [6.45, 7) is 4.70. The smallest absolute Gasteiger partial charge is 0.428 e. The Bertz CT molecular complexity index is 1490. The number of hydrazine groups is 1. The predicted octanol–water partition coefficient (Wildman–Crippen LogP) is 3.46. The first-order chi connectivity index (χ1) is 20.1. The van der Waals surface area contributed by atoms with Gasteiger partial charge in [0.1, 0.15) is 32.4 Å². The lowest BCUT2D eigenvalue weighted by atomic mass is 10.0. The molecule has 2 aromatic carbocycles. The minimum absolute atomic E-state index is 0.324. The van der Waals surface area contributed by atoms with Crippen molar-refractivity contribution in [1.82, 2.24) is 16.3 Å². The van der Waals surface area contributed by atoms with Crippen LogP contribution in [0.4, 0.5) is 25.0 Å². The maximum Gasteiger partial charge on any atom is 0.428 e. The molecule has 2 unspecified atom stereocenters. The average Bonchev–Trinajstić information content (AvgIpc) is 2.92. The molecule has 0 spiro atoms. The van der Waals surface area contributed by atoms with Crippen LogP contribution in [0.15, 0.2) is 41.5 Å². The lowest BCUT2D eigenvalue weighted by Gasteiger charge is -2.42. The molecule has 19 heteroatoms. The van der Waals surface area contributed by atoms with Crippen molar-refractivity contribution in [2.75, 3.05) is 12.9 Å². The fraction of sp³-hybridized carbons (Fsp3) is 0.333. The highest BCUT2D eigenvalue weighted by molar-refractivity contribution is 8.16. The molecule has 15 nitrogen and oxygen atoms in total. The Morgan fingerprint density at radius 2 is 1.72 bits per heavy atom. The highest BCUT2D eigenvalue weighted by atomic mass is 32.2. The number of nitrogens with zero attached hydrogens (tertiary/aromatic N) is 3. The van der Waals surface area contributed by atoms with Crippen molar-refractivity contribution in [3.63, 3.8) is 0 Å². The summed E-state index contributed by atoms with van der Waals surface area (Å²) in [5.41, 5.74) is 4.05. The number of esters is 1. The predicted molar refractivity (Wildman–Crippen MR) is 151 cm³/mol. The van der Waals surface area contributed by atoms with Crippen molar-refractivity contribution in [3.05, 3.63) is 79.4 Å². The number of carbonyl (C=O) groups excluding carboxylic acids is 3. The number of thioether (sulfide) groups is 2. The van der Waals surface area contributed by atoms with E-state index in [4.69, 9.17) is 9.47 Å². The summed E-state index contributed by atoms with van der Waals surface area (Å²) in [4.78, 5) is 56.4. The summed E-state index contributed by atoms with van der Waals surface area (Å²) < 4.78 is 40.8. The van der Waals surface area contributed by atoms with Gasteiger partial charge in [-0.2, -0.15) is 5.10 Å². The van der Waals surface area contributed by atoms with E-state index in [1.807, 2.05) is 0 Å². The van der Waals surface area contributed by atoms with Crippen LogP contribution < -0.4 is 16.3 Å². The van der Waals surface area contributed by atoms with Crippen molar-refractivity contribution in [2.24, 2.45) is 5.10 Å². The van der Waals surface area contributed by atoms with Gasteiger partial charge in [0, 0.05) is 23.3 Å². The second kappa shape index (κ2) is 13.3. The Hall–Kier alpha value is -4.36. The van der Waals surface area contributed by atoms with E-state index >= 15 is 8.78 Å². The zero-order valence-electron chi connectivity index (χ0n) is 22.8. The number of ether oxygens (including phenoxy) is 2. The normalized spacial score (nSPS) is 17.8. The van der Waals surface area contributed by atoms with Crippen LogP contribution in [-0.2, 0) is 23.9 Å². The lowest BCUT2D eigenvalue weighted by Crippen LogP contribution is -2.62. The van der Waals surface area contributed by atoms with Gasteiger partial charge in [-0.1, -0.05) is 11.8 Å². The van der Waals surface area contributed by atoms with Crippen LogP contribution in [0, 0.1) is 31.9 Å². The van der Waals surface area contributed by atoms with Crippen LogP contribution in [0.1, 0.15) is 31.9 Å². The number of hydrogen-bond acceptors (Lipinski definition) is 13. The zero-order valence-corrected chi connectivity index (χ0v) is 24.5. The number of nitrogens with one attached hydrogen (secondary N) is 3. The number of non-ortho nitro benzene ring substituents is 2. The molecule has 1 heterocycles. The molecule has 3 N–H and O–H groups in total. The first kappa shape index (κ1) is 33.1. The quantitative estimate of drug-likeness (QED) is 0.125. The van der Waals surface area contributed by atoms with Crippen LogP contribution in [-0.4, -0.2) is 56.6 Å². The molecule has 0 aromatic heterocycles. The van der Waals surface area contributed by atoms with Crippen LogP contribution in [0.25, 0.3) is 0 Å². The Balaban J connectivity index is 2.20. The number of carbonyl (C=O) groups is 3. The number of nitro benzene ring substituents is 2. The third kappa shape index (κ3) is 7.93. The van der Waals surface area contributed by atoms with Gasteiger partial charge in [-0.15, -0.1) is 11.8 Å². The number of hydrogen-bond donors (Lipinski definition) is 3. The molecule has 0 saturated carbocycles. The van der Waals surface area contributed by atoms with E-state index in [1.54, 1.807) is 20.8 Å². The van der Waals surface area contributed by atoms with Crippen molar-refractivity contribution >= 4 is 57.9 Å². The number of halogens is 2. The monoisotopic (exact) mass is 642 g/mol. The fourth-order valence-electron chi connectivity index (χ4n) is 3.61. The number of methoxy groups -OCH3 is 1. The van der Waals surface area contributed by atoms with E-state index in [0.29, 0.717) is 23.9 Å². The van der Waals surface area contributed by atoms with Gasteiger partial charge in [0.05, 0.1) is 34.8 Å². The third-order valence-electron chi connectivity index (χ3n) is 5.44. The first-order valence-electron chi connectivity index (χ1n) is 12.0. The number of hydrazone groups is 1. The van der Waals surface area contributed by atoms with Gasteiger partial charge in [0.25, 0.3) is 11.4 Å². The molecule has 1 aliphatic rings. The first-order valence-corrected chi connectivity index (χ1v) is 13.8. The van der Waals surface area contributed by atoms with Crippen molar-refractivity contribution in [1.29, 1.82) is 0 Å². The average molecular weight is 643 g/mol. The van der Waals surface area contributed by atoms with Gasteiger partial charge in [0.15, 0.2) is 0 Å². The SMILES string of the molecule is COC(=O)C(SC(=NNC(=O)OC(C)(C)C)c1ccc([N+](=O)[O-])cc1F)C1(c2ccc([N+](=O)[O-])cc2F)NNC(=O)CS1. The van der Waals surface area contributed by atoms with Crippen LogP contribution in [0.5, 0.6) is 0 Å². The second-order valence-corrected chi connectivity index (χ2v) is 11.9. The van der Waals surface area contributed by atoms with E-state index < -0.39 is 77.2 Å². The fourth-order valence-corrected chi connectivity index (χ4v) is 6.24. The summed E-state index contributed by atoms with van der Waals surface area (Å²) in [5, 5.41) is 24.2. The summed E-state index contributed by atoms with van der Waals surface area (Å²) in [6, 6.07) is 5.15. The highest BCUT2D eigenvalue weighted by Crippen LogP contribution is 2.46. The highest BCUT2D eigenvalue weighted by Gasteiger charge is 2.51. The van der Waals surface area contributed by atoms with E-state index in [-0.39, 0.29) is 11.3 Å². The number of nitro groups is 2. The van der Waals surface area contributed by atoms with Crippen molar-refractivity contribution < 1.29 is 42.5 Å². The maximum absolute atomic E-state index is 15.5. The summed E-state index contributed by atoms with van der Waals surface area (Å²) >= 11 is 1.17. The van der Waals surface area contributed by atoms with E-state index in [9.17, 15) is 34.6 Å². The molecule has 1 fully saturated rings. The number of amides is 2. The molecule has 43 heavy (non-hydrogen) atoms.